The highest BCUT2D eigenvalue weighted by Gasteiger charge is 2.54. The van der Waals surface area contributed by atoms with Crippen LogP contribution in [0.5, 0.6) is 11.5 Å². The maximum Gasteiger partial charge on any atom is 0.335 e. The number of amides is 2. The molecule has 10 rings (SSSR count). The van der Waals surface area contributed by atoms with Gasteiger partial charge in [0.1, 0.15) is 23.7 Å². The lowest BCUT2D eigenvalue weighted by Crippen LogP contribution is -2.44. The summed E-state index contributed by atoms with van der Waals surface area (Å²) in [5.74, 6) is 0.646. The third-order valence-electron chi connectivity index (χ3n) is 15.3. The zero-order valence-corrected chi connectivity index (χ0v) is 36.8. The second-order valence-electron chi connectivity index (χ2n) is 18.6. The fourth-order valence-electron chi connectivity index (χ4n) is 11.5. The van der Waals surface area contributed by atoms with Crippen molar-refractivity contribution in [2.45, 2.75) is 88.3 Å². The number of hydrogen-bond acceptors (Lipinski definition) is 8. The van der Waals surface area contributed by atoms with Gasteiger partial charge in [-0.25, -0.2) is 9.59 Å². The molecule has 4 aliphatic heterocycles. The van der Waals surface area contributed by atoms with E-state index in [0.29, 0.717) is 36.5 Å². The first-order chi connectivity index (χ1) is 31.0. The zero-order valence-electron chi connectivity index (χ0n) is 36.8. The minimum atomic E-state index is -0.953. The molecule has 6 aliphatic rings. The lowest BCUT2D eigenvalue weighted by Gasteiger charge is -2.47. The maximum atomic E-state index is 12.8. The highest BCUT2D eigenvalue weighted by Crippen LogP contribution is 2.59. The van der Waals surface area contributed by atoms with E-state index in [9.17, 15) is 29.4 Å². The third kappa shape index (κ3) is 8.26. The monoisotopic (exact) mass is 870 g/mol. The van der Waals surface area contributed by atoms with Crippen LogP contribution in [0, 0.1) is 10.8 Å². The molecule has 336 valence electrons. The average molecular weight is 871 g/mol. The Labute approximate surface area is 374 Å². The molecule has 12 nitrogen and oxygen atoms in total. The fraction of sp³-hybridized carbons (Fsp3) is 0.462. The summed E-state index contributed by atoms with van der Waals surface area (Å²) in [4.78, 5) is 52.5. The molecular weight excluding hydrogens is 813 g/mol. The summed E-state index contributed by atoms with van der Waals surface area (Å²) in [7, 11) is 3.19. The molecule has 0 aromatic heterocycles. The summed E-state index contributed by atoms with van der Waals surface area (Å²) in [5.41, 5.74) is 6.84. The Balaban J connectivity index is 0.000000162. The Hall–Kier alpha value is -5.72. The van der Waals surface area contributed by atoms with Gasteiger partial charge >= 0.3 is 11.9 Å². The number of ether oxygens (including phenoxy) is 4. The molecular formula is C52H58N2O10. The van der Waals surface area contributed by atoms with Gasteiger partial charge in [-0.05, 0) is 146 Å². The van der Waals surface area contributed by atoms with Gasteiger partial charge in [-0.15, -0.1) is 0 Å². The summed E-state index contributed by atoms with van der Waals surface area (Å²) < 4.78 is 22.1. The topological polar surface area (TPSA) is 152 Å². The molecule has 0 radical (unpaired) electrons. The molecule has 2 saturated carbocycles. The highest BCUT2D eigenvalue weighted by molar-refractivity contribution is 5.91. The molecule has 4 saturated heterocycles. The quantitative estimate of drug-likeness (QED) is 0.158. The summed E-state index contributed by atoms with van der Waals surface area (Å²) in [6.07, 6.45) is 9.86. The van der Waals surface area contributed by atoms with Crippen molar-refractivity contribution in [3.63, 3.8) is 0 Å². The second kappa shape index (κ2) is 18.0. The number of carboxylic acid groups (broad SMARTS) is 2. The van der Waals surface area contributed by atoms with Crippen LogP contribution in [0.3, 0.4) is 0 Å². The number of nitrogens with zero attached hydrogens (tertiary/aromatic N) is 2. The van der Waals surface area contributed by atoms with E-state index in [0.717, 1.165) is 113 Å². The standard InChI is InChI=1S/2C26H29NO5/c2*1-31-22-9-8-19(25(29)30)15-20(22)17-4-6-18(7-5-17)21-10-11-26(21)12-13-27(16-26)24(28)23-3-2-14-32-23/h2*4-9,15,21,23H,2-3,10-14,16H2,1H3,(H,29,30)/t21-,23+,26+;21-,23-,26-/m01/s1. The molecule has 64 heavy (non-hydrogen) atoms. The van der Waals surface area contributed by atoms with Gasteiger partial charge in [-0.1, -0.05) is 48.5 Å². The predicted octanol–water partition coefficient (Wildman–Crippen LogP) is 8.67. The molecule has 6 fully saturated rings. The smallest absolute Gasteiger partial charge is 0.335 e. The molecule has 4 aromatic rings. The van der Waals surface area contributed by atoms with Crippen LogP contribution in [-0.4, -0.2) is 110 Å². The normalized spacial score (nSPS) is 26.8. The van der Waals surface area contributed by atoms with E-state index in [-0.39, 0.29) is 46.0 Å². The molecule has 2 N–H and O–H groups in total. The number of likely N-dealkylation sites (tertiary alicyclic amines) is 2. The molecule has 4 heterocycles. The van der Waals surface area contributed by atoms with Gasteiger partial charge in [0.15, 0.2) is 0 Å². The summed E-state index contributed by atoms with van der Waals surface area (Å²) in [6.45, 7) is 4.70. The van der Waals surface area contributed by atoms with Gasteiger partial charge in [0, 0.05) is 50.5 Å². The molecule has 2 spiro atoms. The summed E-state index contributed by atoms with van der Waals surface area (Å²) in [5, 5.41) is 18.7. The Morgan fingerprint density at radius 1 is 0.562 bits per heavy atom. The number of carbonyl (C=O) groups is 4. The van der Waals surface area contributed by atoms with Gasteiger partial charge in [0.05, 0.1) is 25.3 Å². The number of rotatable bonds is 10. The largest absolute Gasteiger partial charge is 0.496 e. The van der Waals surface area contributed by atoms with Crippen molar-refractivity contribution in [2.75, 3.05) is 53.6 Å². The van der Waals surface area contributed by atoms with Crippen LogP contribution in [0.2, 0.25) is 0 Å². The predicted molar refractivity (Wildman–Crippen MR) is 240 cm³/mol. The summed E-state index contributed by atoms with van der Waals surface area (Å²) >= 11 is 0. The van der Waals surface area contributed by atoms with Crippen molar-refractivity contribution in [1.29, 1.82) is 0 Å². The first-order valence-electron chi connectivity index (χ1n) is 22.9. The Bertz CT molecular complexity index is 2220. The molecule has 2 amide bonds. The first-order valence-corrected chi connectivity index (χ1v) is 22.9. The van der Waals surface area contributed by atoms with E-state index in [4.69, 9.17) is 18.9 Å². The van der Waals surface area contributed by atoms with E-state index in [2.05, 4.69) is 48.5 Å². The summed E-state index contributed by atoms with van der Waals surface area (Å²) in [6, 6.07) is 26.6. The minimum Gasteiger partial charge on any atom is -0.496 e. The van der Waals surface area contributed by atoms with E-state index < -0.39 is 11.9 Å². The number of carbonyl (C=O) groups excluding carboxylic acids is 2. The zero-order chi connectivity index (χ0) is 44.6. The van der Waals surface area contributed by atoms with Gasteiger partial charge < -0.3 is 39.0 Å². The number of carboxylic acids is 2. The highest BCUT2D eigenvalue weighted by atomic mass is 16.5. The lowest BCUT2D eigenvalue weighted by molar-refractivity contribution is -0.141. The van der Waals surface area contributed by atoms with Crippen molar-refractivity contribution >= 4 is 23.8 Å². The molecule has 4 aromatic carbocycles. The van der Waals surface area contributed by atoms with E-state index in [1.54, 1.807) is 50.6 Å². The molecule has 12 heteroatoms. The fourth-order valence-corrected chi connectivity index (χ4v) is 11.5. The van der Waals surface area contributed by atoms with Crippen molar-refractivity contribution < 1.29 is 48.3 Å². The Kier molecular flexibility index (Phi) is 12.3. The van der Waals surface area contributed by atoms with Gasteiger partial charge in [-0.3, -0.25) is 9.59 Å². The van der Waals surface area contributed by atoms with Gasteiger partial charge in [-0.2, -0.15) is 0 Å². The maximum absolute atomic E-state index is 12.8. The van der Waals surface area contributed by atoms with Crippen LogP contribution in [0.15, 0.2) is 84.9 Å². The van der Waals surface area contributed by atoms with Gasteiger partial charge in [0.25, 0.3) is 11.8 Å². The van der Waals surface area contributed by atoms with Crippen LogP contribution in [0.4, 0.5) is 0 Å². The van der Waals surface area contributed by atoms with E-state index in [1.165, 1.54) is 11.1 Å². The van der Waals surface area contributed by atoms with Crippen molar-refractivity contribution in [1.82, 2.24) is 9.80 Å². The van der Waals surface area contributed by atoms with Crippen LogP contribution < -0.4 is 9.47 Å². The average Bonchev–Trinajstić information content (AvgIpc) is 4.17. The van der Waals surface area contributed by atoms with Crippen LogP contribution >= 0.6 is 0 Å². The molecule has 2 aliphatic carbocycles. The van der Waals surface area contributed by atoms with Crippen molar-refractivity contribution in [2.24, 2.45) is 10.8 Å². The Morgan fingerprint density at radius 2 is 0.969 bits per heavy atom. The third-order valence-corrected chi connectivity index (χ3v) is 15.3. The van der Waals surface area contributed by atoms with E-state index >= 15 is 0 Å². The second-order valence-corrected chi connectivity index (χ2v) is 18.6. The van der Waals surface area contributed by atoms with Crippen molar-refractivity contribution in [3.05, 3.63) is 107 Å². The Morgan fingerprint density at radius 3 is 1.28 bits per heavy atom. The number of benzene rings is 4. The lowest BCUT2D eigenvalue weighted by atomic mass is 9.57. The SMILES string of the molecule is COc1ccc(C(=O)O)cc1-c1ccc([C@@H]2CC[C@]23CCN(C(=O)[C@H]2CCCO2)C3)cc1.COc1ccc(C(=O)O)cc1-c1ccc([C@H]2CC[C@]23CCN(C(=O)[C@H]2CCCO2)C3)cc1. The molecule has 0 unspecified atom stereocenters. The minimum absolute atomic E-state index is 0.172. The van der Waals surface area contributed by atoms with Crippen LogP contribution in [-0.2, 0) is 19.1 Å². The number of methoxy groups -OCH3 is 2. The van der Waals surface area contributed by atoms with Crippen molar-refractivity contribution in [3.8, 4) is 33.8 Å². The van der Waals surface area contributed by atoms with Crippen LogP contribution in [0.1, 0.15) is 108 Å². The van der Waals surface area contributed by atoms with Crippen LogP contribution in [0.25, 0.3) is 22.3 Å². The number of hydrogen-bond donors (Lipinski definition) is 2. The van der Waals surface area contributed by atoms with E-state index in [1.807, 2.05) is 9.80 Å². The molecule has 6 atom stereocenters. The van der Waals surface area contributed by atoms with Gasteiger partial charge in [0.2, 0.25) is 0 Å². The first kappa shape index (κ1) is 43.5. The number of aromatic carboxylic acids is 2. The molecule has 0 bridgehead atoms.